The molecule has 0 amide bonds. The lowest BCUT2D eigenvalue weighted by molar-refractivity contribution is 0.103. The average Bonchev–Trinajstić information content (AvgIpc) is 2.53. The van der Waals surface area contributed by atoms with E-state index in [0.717, 1.165) is 22.2 Å². The Morgan fingerprint density at radius 1 is 1.05 bits per heavy atom. The van der Waals surface area contributed by atoms with Crippen molar-refractivity contribution in [2.24, 2.45) is 0 Å². The van der Waals surface area contributed by atoms with E-state index in [4.69, 9.17) is 0 Å². The number of carbonyl (C=O) groups is 1. The van der Waals surface area contributed by atoms with Gasteiger partial charge < -0.3 is 4.90 Å². The molecule has 0 aliphatic rings. The van der Waals surface area contributed by atoms with Crippen molar-refractivity contribution in [2.75, 3.05) is 19.0 Å². The highest BCUT2D eigenvalue weighted by Gasteiger charge is 2.18. The SMILES string of the molecule is Cc1ccc2ncc(C(=O)c3ccccc3)c(N(C)C)c2c1. The molecule has 3 heteroatoms. The molecule has 0 saturated heterocycles. The number of hydrogen-bond donors (Lipinski definition) is 0. The number of carbonyl (C=O) groups excluding carboxylic acids is 1. The summed E-state index contributed by atoms with van der Waals surface area (Å²) in [6.45, 7) is 2.05. The number of ketones is 1. The second-order valence-corrected chi connectivity index (χ2v) is 5.63. The van der Waals surface area contributed by atoms with Crippen molar-refractivity contribution >= 4 is 22.4 Å². The van der Waals surface area contributed by atoms with Crippen molar-refractivity contribution in [3.05, 3.63) is 71.4 Å². The number of fused-ring (bicyclic) bond motifs is 1. The Labute approximate surface area is 130 Å². The molecule has 22 heavy (non-hydrogen) atoms. The average molecular weight is 290 g/mol. The number of pyridine rings is 1. The molecule has 3 aromatic rings. The molecule has 0 radical (unpaired) electrons. The summed E-state index contributed by atoms with van der Waals surface area (Å²) in [5, 5.41) is 1.01. The fourth-order valence-corrected chi connectivity index (χ4v) is 2.69. The van der Waals surface area contributed by atoms with Gasteiger partial charge in [0.05, 0.1) is 16.8 Å². The molecule has 0 spiro atoms. The molecule has 110 valence electrons. The standard InChI is InChI=1S/C19H18N2O/c1-13-9-10-17-15(11-13)18(21(2)3)16(12-20-17)19(22)14-7-5-4-6-8-14/h4-12H,1-3H3. The van der Waals surface area contributed by atoms with Gasteiger partial charge in [-0.3, -0.25) is 9.78 Å². The molecule has 0 aliphatic carbocycles. The number of rotatable bonds is 3. The Kier molecular flexibility index (Phi) is 3.63. The fourth-order valence-electron chi connectivity index (χ4n) is 2.69. The zero-order valence-electron chi connectivity index (χ0n) is 13.0. The van der Waals surface area contributed by atoms with E-state index >= 15 is 0 Å². The van der Waals surface area contributed by atoms with Crippen LogP contribution < -0.4 is 4.90 Å². The zero-order valence-corrected chi connectivity index (χ0v) is 13.0. The van der Waals surface area contributed by atoms with Gasteiger partial charge in [-0.1, -0.05) is 42.0 Å². The number of nitrogens with zero attached hydrogens (tertiary/aromatic N) is 2. The molecule has 0 saturated carbocycles. The van der Waals surface area contributed by atoms with Crippen LogP contribution in [0.4, 0.5) is 5.69 Å². The Morgan fingerprint density at radius 2 is 1.77 bits per heavy atom. The summed E-state index contributed by atoms with van der Waals surface area (Å²) in [4.78, 5) is 19.3. The summed E-state index contributed by atoms with van der Waals surface area (Å²) in [7, 11) is 3.91. The van der Waals surface area contributed by atoms with Crippen molar-refractivity contribution < 1.29 is 4.79 Å². The van der Waals surface area contributed by atoms with Gasteiger partial charge in [-0.2, -0.15) is 0 Å². The Hall–Kier alpha value is -2.68. The molecule has 0 aliphatic heterocycles. The van der Waals surface area contributed by atoms with Crippen molar-refractivity contribution in [1.82, 2.24) is 4.98 Å². The van der Waals surface area contributed by atoms with Gasteiger partial charge in [-0.05, 0) is 19.1 Å². The normalized spacial score (nSPS) is 10.7. The van der Waals surface area contributed by atoms with E-state index in [1.54, 1.807) is 6.20 Å². The molecule has 3 nitrogen and oxygen atoms in total. The number of aromatic nitrogens is 1. The largest absolute Gasteiger partial charge is 0.376 e. The molecule has 0 N–H and O–H groups in total. The van der Waals surface area contributed by atoms with Gasteiger partial charge in [0.25, 0.3) is 0 Å². The first kappa shape index (κ1) is 14.3. The lowest BCUT2D eigenvalue weighted by atomic mass is 9.99. The third-order valence-electron chi connectivity index (χ3n) is 3.72. The highest BCUT2D eigenvalue weighted by Crippen LogP contribution is 2.30. The van der Waals surface area contributed by atoms with Crippen LogP contribution in [-0.2, 0) is 0 Å². The number of hydrogen-bond acceptors (Lipinski definition) is 3. The summed E-state index contributed by atoms with van der Waals surface area (Å²) in [5.74, 6) is 0.000191. The Bertz CT molecular complexity index is 839. The summed E-state index contributed by atoms with van der Waals surface area (Å²) in [6.07, 6.45) is 1.68. The predicted molar refractivity (Wildman–Crippen MR) is 90.7 cm³/mol. The molecular weight excluding hydrogens is 272 g/mol. The van der Waals surface area contributed by atoms with Crippen LogP contribution in [0.25, 0.3) is 10.9 Å². The summed E-state index contributed by atoms with van der Waals surface area (Å²) < 4.78 is 0. The van der Waals surface area contributed by atoms with Crippen LogP contribution in [0.1, 0.15) is 21.5 Å². The first-order chi connectivity index (χ1) is 10.6. The van der Waals surface area contributed by atoms with E-state index in [2.05, 4.69) is 11.1 Å². The van der Waals surface area contributed by atoms with Crippen LogP contribution in [0.2, 0.25) is 0 Å². The maximum Gasteiger partial charge on any atom is 0.196 e. The quantitative estimate of drug-likeness (QED) is 0.687. The van der Waals surface area contributed by atoms with Gasteiger partial charge in [0, 0.05) is 31.2 Å². The highest BCUT2D eigenvalue weighted by molar-refractivity contribution is 6.15. The van der Waals surface area contributed by atoms with E-state index in [9.17, 15) is 4.79 Å². The molecular formula is C19H18N2O. The molecule has 0 atom stereocenters. The van der Waals surface area contributed by atoms with Crippen LogP contribution in [-0.4, -0.2) is 24.9 Å². The molecule has 0 bridgehead atoms. The molecule has 0 unspecified atom stereocenters. The van der Waals surface area contributed by atoms with E-state index < -0.39 is 0 Å². The van der Waals surface area contributed by atoms with Crippen molar-refractivity contribution in [1.29, 1.82) is 0 Å². The van der Waals surface area contributed by atoms with Crippen LogP contribution >= 0.6 is 0 Å². The first-order valence-electron chi connectivity index (χ1n) is 7.24. The summed E-state index contributed by atoms with van der Waals surface area (Å²) in [5.41, 5.74) is 4.29. The fraction of sp³-hybridized carbons (Fsp3) is 0.158. The van der Waals surface area contributed by atoms with E-state index in [-0.39, 0.29) is 5.78 Å². The monoisotopic (exact) mass is 290 g/mol. The maximum absolute atomic E-state index is 12.8. The first-order valence-corrected chi connectivity index (χ1v) is 7.24. The highest BCUT2D eigenvalue weighted by atomic mass is 16.1. The minimum atomic E-state index is 0.000191. The van der Waals surface area contributed by atoms with Gasteiger partial charge in [0.15, 0.2) is 5.78 Å². The van der Waals surface area contributed by atoms with Crippen LogP contribution in [0.5, 0.6) is 0 Å². The van der Waals surface area contributed by atoms with E-state index in [1.807, 2.05) is 68.4 Å². The smallest absolute Gasteiger partial charge is 0.196 e. The van der Waals surface area contributed by atoms with E-state index in [0.29, 0.717) is 11.1 Å². The van der Waals surface area contributed by atoms with Crippen molar-refractivity contribution in [3.63, 3.8) is 0 Å². The minimum absolute atomic E-state index is 0.000191. The maximum atomic E-state index is 12.8. The van der Waals surface area contributed by atoms with Crippen molar-refractivity contribution in [3.8, 4) is 0 Å². The number of aryl methyl sites for hydroxylation is 1. The summed E-state index contributed by atoms with van der Waals surface area (Å²) >= 11 is 0. The van der Waals surface area contributed by atoms with E-state index in [1.165, 1.54) is 0 Å². The Morgan fingerprint density at radius 3 is 2.45 bits per heavy atom. The lowest BCUT2D eigenvalue weighted by Gasteiger charge is -2.19. The second-order valence-electron chi connectivity index (χ2n) is 5.63. The Balaban J connectivity index is 2.26. The van der Waals surface area contributed by atoms with Gasteiger partial charge in [0.1, 0.15) is 0 Å². The third-order valence-corrected chi connectivity index (χ3v) is 3.72. The van der Waals surface area contributed by atoms with Gasteiger partial charge >= 0.3 is 0 Å². The summed E-state index contributed by atoms with van der Waals surface area (Å²) in [6, 6.07) is 15.4. The molecule has 2 aromatic carbocycles. The molecule has 1 aromatic heterocycles. The van der Waals surface area contributed by atoms with Crippen molar-refractivity contribution in [2.45, 2.75) is 6.92 Å². The van der Waals surface area contributed by atoms with Crippen LogP contribution in [0, 0.1) is 6.92 Å². The number of benzene rings is 2. The topological polar surface area (TPSA) is 33.2 Å². The zero-order chi connectivity index (χ0) is 15.7. The molecule has 0 fully saturated rings. The third kappa shape index (κ3) is 2.46. The minimum Gasteiger partial charge on any atom is -0.376 e. The molecule has 1 heterocycles. The van der Waals surface area contributed by atoms with Gasteiger partial charge in [0.2, 0.25) is 0 Å². The van der Waals surface area contributed by atoms with Gasteiger partial charge in [-0.25, -0.2) is 0 Å². The van der Waals surface area contributed by atoms with Gasteiger partial charge in [-0.15, -0.1) is 0 Å². The lowest BCUT2D eigenvalue weighted by Crippen LogP contribution is -2.15. The van der Waals surface area contributed by atoms with Crippen LogP contribution in [0.3, 0.4) is 0 Å². The molecule has 3 rings (SSSR count). The number of anilines is 1. The van der Waals surface area contributed by atoms with Crippen LogP contribution in [0.15, 0.2) is 54.7 Å². The second kappa shape index (κ2) is 5.60. The predicted octanol–water partition coefficient (Wildman–Crippen LogP) is 3.84.